The van der Waals surface area contributed by atoms with Gasteiger partial charge in [0.05, 0.1) is 5.56 Å². The van der Waals surface area contributed by atoms with Gasteiger partial charge in [-0.2, -0.15) is 5.26 Å². The van der Waals surface area contributed by atoms with Crippen LogP contribution in [0.3, 0.4) is 0 Å². The molecule has 0 spiro atoms. The highest BCUT2D eigenvalue weighted by atomic mass is 15.4. The monoisotopic (exact) mass is 212 g/mol. The number of pyridine rings is 1. The van der Waals surface area contributed by atoms with Crippen molar-refractivity contribution >= 4 is 5.82 Å². The van der Waals surface area contributed by atoms with E-state index in [4.69, 9.17) is 5.26 Å². The summed E-state index contributed by atoms with van der Waals surface area (Å²) in [6, 6.07) is 9.63. The van der Waals surface area contributed by atoms with E-state index in [-0.39, 0.29) is 0 Å². The van der Waals surface area contributed by atoms with Crippen LogP contribution in [0.25, 0.3) is 0 Å². The second-order valence-corrected chi connectivity index (χ2v) is 3.61. The number of rotatable bonds is 2. The zero-order valence-corrected chi connectivity index (χ0v) is 9.23. The predicted molar refractivity (Wildman–Crippen MR) is 61.9 cm³/mol. The van der Waals surface area contributed by atoms with Gasteiger partial charge in [0.15, 0.2) is 0 Å². The molecule has 0 fully saturated rings. The maximum atomic E-state index is 8.66. The normalized spacial score (nSPS) is 9.81. The molecule has 0 amide bonds. The van der Waals surface area contributed by atoms with Gasteiger partial charge >= 0.3 is 0 Å². The SMILES string of the molecule is Cc1ccc(C)n1Nc1ccc(C#N)cn1. The lowest BCUT2D eigenvalue weighted by atomic mass is 10.3. The molecule has 0 aliphatic carbocycles. The zero-order valence-electron chi connectivity index (χ0n) is 9.23. The number of hydrogen-bond donors (Lipinski definition) is 1. The van der Waals surface area contributed by atoms with Gasteiger partial charge in [0, 0.05) is 17.6 Å². The Hall–Kier alpha value is -2.28. The minimum absolute atomic E-state index is 0.562. The number of nitrogens with one attached hydrogen (secondary N) is 1. The van der Waals surface area contributed by atoms with Gasteiger partial charge in [-0.15, -0.1) is 0 Å². The minimum Gasteiger partial charge on any atom is -0.278 e. The van der Waals surface area contributed by atoms with E-state index in [1.54, 1.807) is 18.3 Å². The van der Waals surface area contributed by atoms with E-state index >= 15 is 0 Å². The summed E-state index contributed by atoms with van der Waals surface area (Å²) >= 11 is 0. The van der Waals surface area contributed by atoms with Crippen LogP contribution in [0.1, 0.15) is 17.0 Å². The summed E-state index contributed by atoms with van der Waals surface area (Å²) in [5.41, 5.74) is 5.96. The quantitative estimate of drug-likeness (QED) is 0.830. The molecule has 4 nitrogen and oxygen atoms in total. The third-order valence-electron chi connectivity index (χ3n) is 2.39. The minimum atomic E-state index is 0.562. The molecule has 16 heavy (non-hydrogen) atoms. The molecule has 2 heterocycles. The standard InChI is InChI=1S/C12H12N4/c1-9-3-4-10(2)16(9)15-12-6-5-11(7-13)8-14-12/h3-6,8H,1-2H3,(H,14,15). The molecule has 0 radical (unpaired) electrons. The number of anilines is 1. The Kier molecular flexibility index (Phi) is 2.61. The van der Waals surface area contributed by atoms with Crippen molar-refractivity contribution in [2.45, 2.75) is 13.8 Å². The third kappa shape index (κ3) is 1.89. The van der Waals surface area contributed by atoms with Gasteiger partial charge in [-0.1, -0.05) is 0 Å². The fraction of sp³-hybridized carbons (Fsp3) is 0.167. The molecule has 2 aromatic rings. The van der Waals surface area contributed by atoms with Gasteiger partial charge in [-0.25, -0.2) is 4.98 Å². The van der Waals surface area contributed by atoms with Crippen LogP contribution >= 0.6 is 0 Å². The van der Waals surface area contributed by atoms with E-state index < -0.39 is 0 Å². The number of hydrogen-bond acceptors (Lipinski definition) is 3. The Balaban J connectivity index is 2.25. The van der Waals surface area contributed by atoms with Crippen LogP contribution < -0.4 is 5.43 Å². The molecule has 1 N–H and O–H groups in total. The molecule has 2 aromatic heterocycles. The number of nitriles is 1. The Morgan fingerprint density at radius 2 is 1.88 bits per heavy atom. The van der Waals surface area contributed by atoms with E-state index in [1.165, 1.54) is 0 Å². The lowest BCUT2D eigenvalue weighted by Gasteiger charge is -2.11. The van der Waals surface area contributed by atoms with E-state index in [9.17, 15) is 0 Å². The van der Waals surface area contributed by atoms with Gasteiger partial charge < -0.3 is 0 Å². The summed E-state index contributed by atoms with van der Waals surface area (Å²) in [7, 11) is 0. The molecule has 0 bridgehead atoms. The largest absolute Gasteiger partial charge is 0.278 e. The maximum Gasteiger partial charge on any atom is 0.144 e. The van der Waals surface area contributed by atoms with Gasteiger partial charge in [0.2, 0.25) is 0 Å². The molecule has 4 heteroatoms. The van der Waals surface area contributed by atoms with E-state index in [0.717, 1.165) is 17.2 Å². The van der Waals surface area contributed by atoms with Crippen LogP contribution in [0.2, 0.25) is 0 Å². The van der Waals surface area contributed by atoms with Gasteiger partial charge in [-0.3, -0.25) is 10.1 Å². The highest BCUT2D eigenvalue weighted by Gasteiger charge is 2.01. The lowest BCUT2D eigenvalue weighted by Crippen LogP contribution is -2.13. The summed E-state index contributed by atoms with van der Waals surface area (Å²) in [6.07, 6.45) is 1.55. The molecular formula is C12H12N4. The lowest BCUT2D eigenvalue weighted by molar-refractivity contribution is 0.871. The molecule has 80 valence electrons. The van der Waals surface area contributed by atoms with Crippen LogP contribution in [0, 0.1) is 25.2 Å². The van der Waals surface area contributed by atoms with E-state index in [2.05, 4.69) is 10.4 Å². The summed E-state index contributed by atoms with van der Waals surface area (Å²) < 4.78 is 1.95. The smallest absolute Gasteiger partial charge is 0.144 e. The molecular weight excluding hydrogens is 200 g/mol. The van der Waals surface area contributed by atoms with Gasteiger partial charge in [0.25, 0.3) is 0 Å². The van der Waals surface area contributed by atoms with Crippen LogP contribution in [0.4, 0.5) is 5.82 Å². The zero-order chi connectivity index (χ0) is 11.5. The third-order valence-corrected chi connectivity index (χ3v) is 2.39. The maximum absolute atomic E-state index is 8.66. The number of nitrogens with zero attached hydrogens (tertiary/aromatic N) is 3. The second-order valence-electron chi connectivity index (χ2n) is 3.61. The Morgan fingerprint density at radius 1 is 1.19 bits per heavy atom. The predicted octanol–water partition coefficient (Wildman–Crippen LogP) is 2.25. The summed E-state index contributed by atoms with van der Waals surface area (Å²) in [4.78, 5) is 4.15. The summed E-state index contributed by atoms with van der Waals surface area (Å²) in [5, 5.41) is 8.66. The summed E-state index contributed by atoms with van der Waals surface area (Å²) in [6.45, 7) is 4.04. The second kappa shape index (κ2) is 4.07. The van der Waals surface area contributed by atoms with Crippen LogP contribution in [0.5, 0.6) is 0 Å². The van der Waals surface area contributed by atoms with Crippen molar-refractivity contribution in [1.82, 2.24) is 9.66 Å². The van der Waals surface area contributed by atoms with Gasteiger partial charge in [-0.05, 0) is 38.1 Å². The highest BCUT2D eigenvalue weighted by molar-refractivity contribution is 5.39. The fourth-order valence-corrected chi connectivity index (χ4v) is 1.49. The van der Waals surface area contributed by atoms with Crippen LogP contribution in [-0.4, -0.2) is 9.66 Å². The van der Waals surface area contributed by atoms with Crippen molar-refractivity contribution in [2.24, 2.45) is 0 Å². The first kappa shape index (κ1) is 10.2. The first-order chi connectivity index (χ1) is 7.70. The van der Waals surface area contributed by atoms with Crippen molar-refractivity contribution in [3.8, 4) is 6.07 Å². The Labute approximate surface area is 94.1 Å². The molecule has 0 atom stereocenters. The van der Waals surface area contributed by atoms with Crippen molar-refractivity contribution in [2.75, 3.05) is 5.43 Å². The first-order valence-corrected chi connectivity index (χ1v) is 4.99. The average Bonchev–Trinajstić information content (AvgIpc) is 2.62. The molecule has 0 aromatic carbocycles. The topological polar surface area (TPSA) is 53.6 Å². The Morgan fingerprint density at radius 3 is 2.38 bits per heavy atom. The summed E-state index contributed by atoms with van der Waals surface area (Å²) in [5.74, 6) is 0.724. The average molecular weight is 212 g/mol. The van der Waals surface area contributed by atoms with Crippen molar-refractivity contribution in [3.63, 3.8) is 0 Å². The molecule has 0 saturated heterocycles. The highest BCUT2D eigenvalue weighted by Crippen LogP contribution is 2.09. The van der Waals surface area contributed by atoms with E-state index in [0.29, 0.717) is 5.56 Å². The Bertz CT molecular complexity index is 512. The molecule has 0 unspecified atom stereocenters. The molecule has 0 saturated carbocycles. The van der Waals surface area contributed by atoms with Crippen molar-refractivity contribution in [3.05, 3.63) is 47.4 Å². The molecule has 2 rings (SSSR count). The van der Waals surface area contributed by atoms with Crippen molar-refractivity contribution in [1.29, 1.82) is 5.26 Å². The van der Waals surface area contributed by atoms with Gasteiger partial charge in [0.1, 0.15) is 11.9 Å². The van der Waals surface area contributed by atoms with E-state index in [1.807, 2.05) is 36.7 Å². The molecule has 0 aliphatic rings. The first-order valence-electron chi connectivity index (χ1n) is 4.99. The number of aryl methyl sites for hydroxylation is 2. The fourth-order valence-electron chi connectivity index (χ4n) is 1.49. The van der Waals surface area contributed by atoms with Crippen LogP contribution in [-0.2, 0) is 0 Å². The number of aromatic nitrogens is 2. The van der Waals surface area contributed by atoms with Crippen molar-refractivity contribution < 1.29 is 0 Å². The van der Waals surface area contributed by atoms with Crippen LogP contribution in [0.15, 0.2) is 30.5 Å². The molecule has 0 aliphatic heterocycles.